The smallest absolute Gasteiger partial charge is 0.245 e. The summed E-state index contributed by atoms with van der Waals surface area (Å²) in [6.07, 6.45) is 4.50. The third-order valence-corrected chi connectivity index (χ3v) is 0. The molecule has 0 saturated heterocycles. The minimum absolute atomic E-state index is 0. The van der Waals surface area contributed by atoms with E-state index in [9.17, 15) is 0 Å². The summed E-state index contributed by atoms with van der Waals surface area (Å²) in [5, 5.41) is 0. The Kier molecular flexibility index (Phi) is 187. The molecule has 10 heavy (non-hydrogen) atoms. The molecule has 0 radical (unpaired) electrons. The van der Waals surface area contributed by atoms with Crippen molar-refractivity contribution >= 4 is 0 Å². The van der Waals surface area contributed by atoms with Crippen molar-refractivity contribution in [1.82, 2.24) is 0 Å². The quantitative estimate of drug-likeness (QED) is 0.505. The summed E-state index contributed by atoms with van der Waals surface area (Å²) in [5.41, 5.74) is 0. The largest absolute Gasteiger partial charge is 3.00 e. The van der Waals surface area contributed by atoms with E-state index in [1.165, 1.54) is 18.2 Å². The molecular formula is C9H15Co. The number of hydrogen-bond donors (Lipinski definition) is 0. The van der Waals surface area contributed by atoms with Crippen LogP contribution in [0.25, 0.3) is 0 Å². The van der Waals surface area contributed by atoms with Gasteiger partial charge in [-0.25, -0.2) is 58.7 Å². The van der Waals surface area contributed by atoms with Crippen LogP contribution in [0.2, 0.25) is 0 Å². The molecule has 0 aliphatic rings. The van der Waals surface area contributed by atoms with Gasteiger partial charge in [-0.1, -0.05) is 0 Å². The zero-order valence-corrected chi connectivity index (χ0v) is 7.35. The Hall–Kier alpha value is -0.664. The minimum Gasteiger partial charge on any atom is -0.245 e. The average molecular weight is 182 g/mol. The normalized spacial score (nSPS) is 3.60. The molecule has 0 atom stereocenters. The van der Waals surface area contributed by atoms with Crippen molar-refractivity contribution in [2.24, 2.45) is 0 Å². The van der Waals surface area contributed by atoms with Crippen LogP contribution >= 0.6 is 0 Å². The first-order valence-corrected chi connectivity index (χ1v) is 2.45. The second kappa shape index (κ2) is 82.2. The maximum absolute atomic E-state index is 3.25. The molecule has 0 saturated carbocycles. The van der Waals surface area contributed by atoms with Gasteiger partial charge in [0.15, 0.2) is 0 Å². The van der Waals surface area contributed by atoms with Crippen LogP contribution in [0, 0.1) is 20.8 Å². The zero-order chi connectivity index (χ0) is 8.12. The van der Waals surface area contributed by atoms with E-state index >= 15 is 0 Å². The molecule has 0 aromatic rings. The van der Waals surface area contributed by atoms with Gasteiger partial charge in [0.05, 0.1) is 0 Å². The molecule has 0 unspecified atom stereocenters. The number of hydrogen-bond acceptors (Lipinski definition) is 0. The second-order valence-electron chi connectivity index (χ2n) is 0.866. The molecule has 60 valence electrons. The fraction of sp³-hybridized carbons (Fsp3) is 0. The van der Waals surface area contributed by atoms with Crippen LogP contribution in [0.3, 0.4) is 0 Å². The van der Waals surface area contributed by atoms with Gasteiger partial charge in [0.25, 0.3) is 0 Å². The zero-order valence-electron chi connectivity index (χ0n) is 6.31. The molecule has 0 aliphatic heterocycles. The topological polar surface area (TPSA) is 0 Å². The first-order chi connectivity index (χ1) is 4.24. The van der Waals surface area contributed by atoms with Crippen molar-refractivity contribution in [3.63, 3.8) is 0 Å². The molecule has 0 rings (SSSR count). The van der Waals surface area contributed by atoms with Crippen LogP contribution in [-0.4, -0.2) is 0 Å². The molecule has 0 aromatic carbocycles. The van der Waals surface area contributed by atoms with Gasteiger partial charge in [-0.2, -0.15) is 0 Å². The van der Waals surface area contributed by atoms with Crippen LogP contribution in [0.1, 0.15) is 0 Å². The van der Waals surface area contributed by atoms with E-state index < -0.39 is 0 Å². The predicted molar refractivity (Wildman–Crippen MR) is 46.7 cm³/mol. The summed E-state index contributed by atoms with van der Waals surface area (Å²) in [7, 11) is 0. The first-order valence-electron chi connectivity index (χ1n) is 2.45. The van der Waals surface area contributed by atoms with Gasteiger partial charge < -0.3 is 0 Å². The third-order valence-electron chi connectivity index (χ3n) is 0. The molecule has 0 fully saturated rings. The molecule has 0 bridgehead atoms. The van der Waals surface area contributed by atoms with Crippen molar-refractivity contribution in [1.29, 1.82) is 0 Å². The van der Waals surface area contributed by atoms with E-state index in [-0.39, 0.29) is 16.8 Å². The Bertz CT molecular complexity index is 41.5. The molecule has 0 amide bonds. The van der Waals surface area contributed by atoms with Crippen LogP contribution < -0.4 is 0 Å². The third kappa shape index (κ3) is 669. The number of allylic oxidation sites excluding steroid dienone is 3. The summed E-state index contributed by atoms with van der Waals surface area (Å²) in [5.74, 6) is 0. The Morgan fingerprint density at radius 2 is 0.700 bits per heavy atom. The standard InChI is InChI=1S/3C3H5.Co/c3*1-3-2;/h3*3H,1-2H2;/q3*-1;+3. The van der Waals surface area contributed by atoms with Crippen LogP contribution in [0.4, 0.5) is 0 Å². The van der Waals surface area contributed by atoms with Crippen molar-refractivity contribution in [3.05, 3.63) is 58.7 Å². The van der Waals surface area contributed by atoms with Crippen molar-refractivity contribution in [2.75, 3.05) is 0 Å². The molecule has 0 aromatic heterocycles. The van der Waals surface area contributed by atoms with Gasteiger partial charge in [-0.05, 0) is 0 Å². The Morgan fingerprint density at radius 1 is 0.700 bits per heavy atom. The van der Waals surface area contributed by atoms with E-state index in [0.717, 1.165) is 0 Å². The minimum atomic E-state index is 0. The van der Waals surface area contributed by atoms with E-state index in [1.807, 2.05) is 0 Å². The van der Waals surface area contributed by atoms with Crippen LogP contribution in [-0.2, 0) is 16.8 Å². The molecule has 0 N–H and O–H groups in total. The average Bonchev–Trinajstić information content (AvgIpc) is 1.70. The van der Waals surface area contributed by atoms with Crippen molar-refractivity contribution in [2.45, 2.75) is 0 Å². The maximum Gasteiger partial charge on any atom is 3.00 e. The van der Waals surface area contributed by atoms with Gasteiger partial charge >= 0.3 is 16.8 Å². The van der Waals surface area contributed by atoms with Crippen LogP contribution in [0.5, 0.6) is 0 Å². The number of rotatable bonds is 0. The van der Waals surface area contributed by atoms with Gasteiger partial charge in [-0.15, -0.1) is 0 Å². The Balaban J connectivity index is -0.0000000257. The maximum atomic E-state index is 3.25. The van der Waals surface area contributed by atoms with Gasteiger partial charge in [-0.3, -0.25) is 0 Å². The molecule has 0 aliphatic carbocycles. The van der Waals surface area contributed by atoms with E-state index in [1.54, 1.807) is 0 Å². The SMILES string of the molecule is C=C[CH2-].C=C[CH2-].C=C[CH2-].[Co+3]. The van der Waals surface area contributed by atoms with E-state index in [4.69, 9.17) is 0 Å². The summed E-state index contributed by atoms with van der Waals surface area (Å²) in [6, 6.07) is 0. The fourth-order valence-electron chi connectivity index (χ4n) is 0. The van der Waals surface area contributed by atoms with Crippen LogP contribution in [0.15, 0.2) is 38.0 Å². The Labute approximate surface area is 75.9 Å². The van der Waals surface area contributed by atoms with Crippen molar-refractivity contribution < 1.29 is 16.8 Å². The summed E-state index contributed by atoms with van der Waals surface area (Å²) < 4.78 is 0. The summed E-state index contributed by atoms with van der Waals surface area (Å²) in [6.45, 7) is 19.5. The van der Waals surface area contributed by atoms with Gasteiger partial charge in [0, 0.05) is 0 Å². The molecule has 0 heterocycles. The monoisotopic (exact) mass is 182 g/mol. The molecule has 1 heteroatoms. The van der Waals surface area contributed by atoms with Gasteiger partial charge in [0.2, 0.25) is 0 Å². The Morgan fingerprint density at radius 3 is 0.700 bits per heavy atom. The second-order valence-corrected chi connectivity index (χ2v) is 0.866. The van der Waals surface area contributed by atoms with Crippen molar-refractivity contribution in [3.8, 4) is 0 Å². The van der Waals surface area contributed by atoms with E-state index in [2.05, 4.69) is 40.5 Å². The fourth-order valence-corrected chi connectivity index (χ4v) is 0. The first kappa shape index (κ1) is 22.8. The molecule has 0 nitrogen and oxygen atoms in total. The molecule has 0 spiro atoms. The van der Waals surface area contributed by atoms with Gasteiger partial charge in [0.1, 0.15) is 0 Å². The summed E-state index contributed by atoms with van der Waals surface area (Å²) >= 11 is 0. The summed E-state index contributed by atoms with van der Waals surface area (Å²) in [4.78, 5) is 0. The van der Waals surface area contributed by atoms with E-state index in [0.29, 0.717) is 0 Å². The molecular weight excluding hydrogens is 167 g/mol. The predicted octanol–water partition coefficient (Wildman–Crippen LogP) is 3.02.